The number of carbonyl (C=O) groups excluding carboxylic acids is 2. The van der Waals surface area contributed by atoms with Gasteiger partial charge in [-0.25, -0.2) is 4.39 Å². The number of hydrogen-bond donors (Lipinski definition) is 2. The van der Waals surface area contributed by atoms with Gasteiger partial charge in [0, 0.05) is 34.3 Å². The van der Waals surface area contributed by atoms with Crippen molar-refractivity contribution < 1.29 is 19.1 Å². The number of halogens is 1. The maximum absolute atomic E-state index is 13.8. The maximum atomic E-state index is 13.8. The summed E-state index contributed by atoms with van der Waals surface area (Å²) in [4.78, 5) is 31.5. The average molecular weight is 432 g/mol. The lowest BCUT2D eigenvalue weighted by atomic mass is 9.90. The van der Waals surface area contributed by atoms with Crippen LogP contribution >= 0.6 is 0 Å². The van der Waals surface area contributed by atoms with Crippen molar-refractivity contribution in [3.63, 3.8) is 0 Å². The van der Waals surface area contributed by atoms with Gasteiger partial charge in [-0.05, 0) is 49.6 Å². The molecule has 1 atom stereocenters. The molecule has 0 spiro atoms. The summed E-state index contributed by atoms with van der Waals surface area (Å²) in [5.41, 5.74) is 2.44. The van der Waals surface area contributed by atoms with E-state index >= 15 is 0 Å². The molecule has 5 nitrogen and oxygen atoms in total. The van der Waals surface area contributed by atoms with Gasteiger partial charge in [-0.1, -0.05) is 37.5 Å². The van der Waals surface area contributed by atoms with Gasteiger partial charge in [0.2, 0.25) is 0 Å². The Morgan fingerprint density at radius 2 is 1.84 bits per heavy atom. The third kappa shape index (κ3) is 3.22. The van der Waals surface area contributed by atoms with Gasteiger partial charge >= 0.3 is 0 Å². The number of aliphatic hydroxyl groups is 1. The molecule has 3 aromatic rings. The van der Waals surface area contributed by atoms with Crippen molar-refractivity contribution in [2.75, 3.05) is 0 Å². The van der Waals surface area contributed by atoms with Gasteiger partial charge in [-0.3, -0.25) is 9.59 Å². The molecule has 0 bridgehead atoms. The summed E-state index contributed by atoms with van der Waals surface area (Å²) in [6.07, 6.45) is 6.62. The van der Waals surface area contributed by atoms with Crippen LogP contribution in [0.3, 0.4) is 0 Å². The summed E-state index contributed by atoms with van der Waals surface area (Å²) >= 11 is 0. The Hall–Kier alpha value is -3.41. The van der Waals surface area contributed by atoms with Crippen molar-refractivity contribution in [1.29, 1.82) is 0 Å². The van der Waals surface area contributed by atoms with Crippen molar-refractivity contribution in [3.8, 4) is 0 Å². The first-order valence-corrected chi connectivity index (χ1v) is 11.1. The summed E-state index contributed by atoms with van der Waals surface area (Å²) < 4.78 is 13.8. The van der Waals surface area contributed by atoms with Gasteiger partial charge in [-0.2, -0.15) is 0 Å². The molecule has 0 radical (unpaired) electrons. The summed E-state index contributed by atoms with van der Waals surface area (Å²) in [5.74, 6) is -1.92. The van der Waals surface area contributed by atoms with Crippen LogP contribution < -0.4 is 0 Å². The third-order valence-corrected chi connectivity index (χ3v) is 6.80. The maximum Gasteiger partial charge on any atom is 0.295 e. The molecule has 2 heterocycles. The molecular weight excluding hydrogens is 407 g/mol. The lowest BCUT2D eigenvalue weighted by Gasteiger charge is -2.35. The molecule has 32 heavy (non-hydrogen) atoms. The van der Waals surface area contributed by atoms with Crippen LogP contribution in [0.2, 0.25) is 0 Å². The molecule has 1 amide bonds. The molecule has 1 saturated carbocycles. The predicted octanol–water partition coefficient (Wildman–Crippen LogP) is 5.37. The first-order valence-electron chi connectivity index (χ1n) is 11.1. The van der Waals surface area contributed by atoms with E-state index in [2.05, 4.69) is 4.98 Å². The van der Waals surface area contributed by atoms with Crippen molar-refractivity contribution in [2.45, 2.75) is 51.1 Å². The average Bonchev–Trinajstić information content (AvgIpc) is 3.34. The summed E-state index contributed by atoms with van der Waals surface area (Å²) in [7, 11) is 0. The number of ketones is 1. The van der Waals surface area contributed by atoms with Gasteiger partial charge in [0.05, 0.1) is 11.6 Å². The molecular formula is C26H25FN2O3. The van der Waals surface area contributed by atoms with Gasteiger partial charge < -0.3 is 15.0 Å². The lowest BCUT2D eigenvalue weighted by molar-refractivity contribution is -0.141. The van der Waals surface area contributed by atoms with Crippen LogP contribution in [-0.4, -0.2) is 32.7 Å². The molecule has 1 aromatic heterocycles. The summed E-state index contributed by atoms with van der Waals surface area (Å²) in [5, 5.41) is 12.1. The Morgan fingerprint density at radius 3 is 2.59 bits per heavy atom. The Morgan fingerprint density at radius 1 is 1.09 bits per heavy atom. The topological polar surface area (TPSA) is 73.4 Å². The lowest BCUT2D eigenvalue weighted by Crippen LogP contribution is -2.40. The number of Topliss-reactive ketones (excluding diaryl/α,β-unsaturated/α-hetero) is 1. The van der Waals surface area contributed by atoms with Gasteiger partial charge in [-0.15, -0.1) is 0 Å². The number of H-pyrrole nitrogens is 1. The fourth-order valence-corrected chi connectivity index (χ4v) is 5.16. The molecule has 1 unspecified atom stereocenters. The minimum Gasteiger partial charge on any atom is -0.507 e. The van der Waals surface area contributed by atoms with Crippen LogP contribution in [0, 0.1) is 12.7 Å². The number of amides is 1. The van der Waals surface area contributed by atoms with Crippen molar-refractivity contribution in [2.24, 2.45) is 0 Å². The Labute approximate surface area is 185 Å². The number of aromatic amines is 1. The highest BCUT2D eigenvalue weighted by atomic mass is 19.1. The Kier molecular flexibility index (Phi) is 5.08. The van der Waals surface area contributed by atoms with E-state index in [0.717, 1.165) is 48.6 Å². The van der Waals surface area contributed by atoms with E-state index in [9.17, 15) is 19.1 Å². The highest BCUT2D eigenvalue weighted by molar-refractivity contribution is 6.46. The first-order chi connectivity index (χ1) is 15.5. The zero-order valence-electron chi connectivity index (χ0n) is 17.9. The number of fused-ring (bicyclic) bond motifs is 1. The third-order valence-electron chi connectivity index (χ3n) is 6.80. The Balaban J connectivity index is 1.72. The number of aryl methyl sites for hydroxylation is 1. The van der Waals surface area contributed by atoms with Crippen LogP contribution in [0.1, 0.15) is 54.8 Å². The van der Waals surface area contributed by atoms with E-state index in [1.807, 2.05) is 30.5 Å². The molecule has 164 valence electrons. The van der Waals surface area contributed by atoms with Gasteiger partial charge in [0.25, 0.3) is 11.7 Å². The number of nitrogens with one attached hydrogen (secondary N) is 1. The van der Waals surface area contributed by atoms with E-state index in [4.69, 9.17) is 0 Å². The van der Waals surface area contributed by atoms with Crippen LogP contribution in [-0.2, 0) is 9.59 Å². The molecule has 5 rings (SSSR count). The predicted molar refractivity (Wildman–Crippen MR) is 120 cm³/mol. The molecule has 1 aliphatic carbocycles. The van der Waals surface area contributed by atoms with Crippen LogP contribution in [0.25, 0.3) is 16.7 Å². The van der Waals surface area contributed by atoms with Crippen molar-refractivity contribution in [1.82, 2.24) is 9.88 Å². The van der Waals surface area contributed by atoms with E-state index < -0.39 is 23.5 Å². The molecule has 2 aromatic carbocycles. The van der Waals surface area contributed by atoms with E-state index in [0.29, 0.717) is 11.1 Å². The smallest absolute Gasteiger partial charge is 0.295 e. The highest BCUT2D eigenvalue weighted by Gasteiger charge is 2.49. The molecule has 6 heteroatoms. The zero-order valence-corrected chi connectivity index (χ0v) is 17.9. The second kappa shape index (κ2) is 7.93. The monoisotopic (exact) mass is 432 g/mol. The number of aliphatic hydroxyl groups excluding tert-OH is 1. The minimum atomic E-state index is -0.695. The van der Waals surface area contributed by atoms with E-state index in [-0.39, 0.29) is 17.4 Å². The van der Waals surface area contributed by atoms with Crippen LogP contribution in [0.5, 0.6) is 0 Å². The Bertz CT molecular complexity index is 1250. The largest absolute Gasteiger partial charge is 0.507 e. The summed E-state index contributed by atoms with van der Waals surface area (Å²) in [6, 6.07) is 11.2. The fourth-order valence-electron chi connectivity index (χ4n) is 5.16. The van der Waals surface area contributed by atoms with Crippen LogP contribution in [0.15, 0.2) is 54.2 Å². The first kappa shape index (κ1) is 20.5. The molecule has 2 fully saturated rings. The number of hydrogen-bond acceptors (Lipinski definition) is 3. The molecule has 2 aliphatic rings. The number of carbonyl (C=O) groups is 2. The minimum absolute atomic E-state index is 0.0564. The number of aromatic nitrogens is 1. The summed E-state index contributed by atoms with van der Waals surface area (Å²) in [6.45, 7) is 1.60. The normalized spacial score (nSPS) is 21.6. The van der Waals surface area contributed by atoms with Crippen molar-refractivity contribution in [3.05, 3.63) is 76.7 Å². The SMILES string of the molecule is Cc1cc(/C(O)=C2\C(=O)C(=O)N(C3CCCCC3)C2c2c[nH]c3ccccc23)ccc1F. The molecule has 1 aliphatic heterocycles. The highest BCUT2D eigenvalue weighted by Crippen LogP contribution is 2.45. The number of nitrogens with zero attached hydrogens (tertiary/aromatic N) is 1. The molecule has 1 saturated heterocycles. The van der Waals surface area contributed by atoms with Crippen molar-refractivity contribution >= 4 is 28.4 Å². The number of rotatable bonds is 3. The second-order valence-electron chi connectivity index (χ2n) is 8.75. The van der Waals surface area contributed by atoms with Gasteiger partial charge in [0.1, 0.15) is 11.6 Å². The molecule has 2 N–H and O–H groups in total. The van der Waals surface area contributed by atoms with E-state index in [1.165, 1.54) is 18.2 Å². The quantitative estimate of drug-likeness (QED) is 0.332. The zero-order chi connectivity index (χ0) is 22.4. The number of benzene rings is 2. The number of likely N-dealkylation sites (tertiary alicyclic amines) is 1. The fraction of sp³-hybridized carbons (Fsp3) is 0.308. The standard InChI is InChI=1S/C26H25FN2O3/c1-15-13-16(11-12-20(15)27)24(30)22-23(19-14-28-21-10-6-5-9-18(19)21)29(26(32)25(22)31)17-7-3-2-4-8-17/h5-6,9-14,17,23,28,30H,2-4,7-8H2,1H3/b24-22+. The number of para-hydroxylation sites is 1. The van der Waals surface area contributed by atoms with Crippen LogP contribution in [0.4, 0.5) is 4.39 Å². The second-order valence-corrected chi connectivity index (χ2v) is 8.75. The van der Waals surface area contributed by atoms with Gasteiger partial charge in [0.15, 0.2) is 0 Å². The van der Waals surface area contributed by atoms with E-state index in [1.54, 1.807) is 11.8 Å².